The van der Waals surface area contributed by atoms with Crippen LogP contribution in [0, 0.1) is 0 Å². The SMILES string of the molecule is CCSc1cccc(-c2ccnnc2)c1. The maximum atomic E-state index is 3.88. The molecule has 0 bridgehead atoms. The summed E-state index contributed by atoms with van der Waals surface area (Å²) in [5.74, 6) is 1.10. The smallest absolute Gasteiger partial charge is 0.0574 e. The molecule has 0 aliphatic carbocycles. The molecule has 2 aromatic rings. The van der Waals surface area contributed by atoms with Crippen molar-refractivity contribution in [2.45, 2.75) is 11.8 Å². The minimum absolute atomic E-state index is 1.10. The van der Waals surface area contributed by atoms with Crippen LogP contribution in [0.5, 0.6) is 0 Å². The molecule has 0 unspecified atom stereocenters. The van der Waals surface area contributed by atoms with Crippen LogP contribution in [0.15, 0.2) is 47.6 Å². The van der Waals surface area contributed by atoms with E-state index in [-0.39, 0.29) is 0 Å². The summed E-state index contributed by atoms with van der Waals surface area (Å²) in [6, 6.07) is 10.5. The summed E-state index contributed by atoms with van der Waals surface area (Å²) in [6.45, 7) is 2.16. The number of hydrogen-bond acceptors (Lipinski definition) is 3. The zero-order chi connectivity index (χ0) is 10.5. The van der Waals surface area contributed by atoms with Crippen molar-refractivity contribution >= 4 is 11.8 Å². The summed E-state index contributed by atoms with van der Waals surface area (Å²) >= 11 is 1.85. The van der Waals surface area contributed by atoms with Gasteiger partial charge in [-0.1, -0.05) is 19.1 Å². The van der Waals surface area contributed by atoms with Gasteiger partial charge < -0.3 is 0 Å². The molecule has 0 atom stereocenters. The predicted molar refractivity (Wildman–Crippen MR) is 63.9 cm³/mol. The first-order valence-electron chi connectivity index (χ1n) is 4.90. The van der Waals surface area contributed by atoms with Gasteiger partial charge in [-0.05, 0) is 29.5 Å². The summed E-state index contributed by atoms with van der Waals surface area (Å²) < 4.78 is 0. The molecule has 0 aliphatic heterocycles. The zero-order valence-corrected chi connectivity index (χ0v) is 9.37. The van der Waals surface area contributed by atoms with Crippen LogP contribution in [0.2, 0.25) is 0 Å². The first-order valence-corrected chi connectivity index (χ1v) is 5.88. The van der Waals surface area contributed by atoms with E-state index in [1.807, 2.05) is 17.8 Å². The van der Waals surface area contributed by atoms with Gasteiger partial charge in [0, 0.05) is 10.5 Å². The third-order valence-corrected chi connectivity index (χ3v) is 2.94. The molecular formula is C12H12N2S. The molecule has 76 valence electrons. The third kappa shape index (κ3) is 2.57. The van der Waals surface area contributed by atoms with Crippen LogP contribution in [0.4, 0.5) is 0 Å². The van der Waals surface area contributed by atoms with Crippen molar-refractivity contribution in [2.24, 2.45) is 0 Å². The molecule has 15 heavy (non-hydrogen) atoms. The lowest BCUT2D eigenvalue weighted by atomic mass is 10.1. The van der Waals surface area contributed by atoms with Gasteiger partial charge in [-0.3, -0.25) is 0 Å². The molecule has 0 N–H and O–H groups in total. The van der Waals surface area contributed by atoms with Crippen molar-refractivity contribution in [3.8, 4) is 11.1 Å². The van der Waals surface area contributed by atoms with Crippen molar-refractivity contribution < 1.29 is 0 Å². The van der Waals surface area contributed by atoms with E-state index in [0.717, 1.165) is 11.3 Å². The molecule has 1 aromatic carbocycles. The number of hydrogen-bond donors (Lipinski definition) is 0. The average Bonchev–Trinajstić information content (AvgIpc) is 2.31. The quantitative estimate of drug-likeness (QED) is 0.736. The van der Waals surface area contributed by atoms with E-state index in [1.165, 1.54) is 10.5 Å². The Labute approximate surface area is 93.7 Å². The van der Waals surface area contributed by atoms with Gasteiger partial charge in [0.25, 0.3) is 0 Å². The number of benzene rings is 1. The van der Waals surface area contributed by atoms with Gasteiger partial charge >= 0.3 is 0 Å². The Kier molecular flexibility index (Phi) is 3.35. The highest BCUT2D eigenvalue weighted by Gasteiger charge is 1.98. The normalized spacial score (nSPS) is 10.2. The number of rotatable bonds is 3. The highest BCUT2D eigenvalue weighted by molar-refractivity contribution is 7.99. The second kappa shape index (κ2) is 4.94. The molecule has 0 fully saturated rings. The Morgan fingerprint density at radius 1 is 1.13 bits per heavy atom. The van der Waals surface area contributed by atoms with Crippen LogP contribution < -0.4 is 0 Å². The van der Waals surface area contributed by atoms with Crippen LogP contribution in [0.25, 0.3) is 11.1 Å². The molecule has 0 aliphatic rings. The number of aromatic nitrogens is 2. The van der Waals surface area contributed by atoms with Gasteiger partial charge in [-0.15, -0.1) is 11.8 Å². The van der Waals surface area contributed by atoms with Crippen molar-refractivity contribution in [3.05, 3.63) is 42.7 Å². The van der Waals surface area contributed by atoms with Crippen LogP contribution in [-0.2, 0) is 0 Å². The Morgan fingerprint density at radius 2 is 2.07 bits per heavy atom. The third-order valence-electron chi connectivity index (χ3n) is 2.06. The Morgan fingerprint density at radius 3 is 2.80 bits per heavy atom. The fourth-order valence-electron chi connectivity index (χ4n) is 1.39. The van der Waals surface area contributed by atoms with E-state index in [4.69, 9.17) is 0 Å². The highest BCUT2D eigenvalue weighted by atomic mass is 32.2. The molecule has 0 saturated heterocycles. The lowest BCUT2D eigenvalue weighted by Gasteiger charge is -2.03. The lowest BCUT2D eigenvalue weighted by molar-refractivity contribution is 1.03. The summed E-state index contributed by atoms with van der Waals surface area (Å²) in [5.41, 5.74) is 2.31. The van der Waals surface area contributed by atoms with Gasteiger partial charge in [-0.25, -0.2) is 0 Å². The summed E-state index contributed by atoms with van der Waals surface area (Å²) in [5, 5.41) is 7.65. The topological polar surface area (TPSA) is 25.8 Å². The fourth-order valence-corrected chi connectivity index (χ4v) is 2.11. The molecule has 2 nitrogen and oxygen atoms in total. The minimum atomic E-state index is 1.10. The van der Waals surface area contributed by atoms with Crippen molar-refractivity contribution in [1.29, 1.82) is 0 Å². The first kappa shape index (κ1) is 10.2. The second-order valence-corrected chi connectivity index (χ2v) is 4.43. The van der Waals surface area contributed by atoms with Crippen molar-refractivity contribution in [3.63, 3.8) is 0 Å². The summed E-state index contributed by atoms with van der Waals surface area (Å²) in [7, 11) is 0. The van der Waals surface area contributed by atoms with E-state index in [1.54, 1.807) is 12.4 Å². The van der Waals surface area contributed by atoms with E-state index in [9.17, 15) is 0 Å². The van der Waals surface area contributed by atoms with Crippen molar-refractivity contribution in [2.75, 3.05) is 5.75 Å². The largest absolute Gasteiger partial charge is 0.159 e. The van der Waals surface area contributed by atoms with Gasteiger partial charge in [0.1, 0.15) is 0 Å². The van der Waals surface area contributed by atoms with Crippen LogP contribution in [0.3, 0.4) is 0 Å². The Bertz CT molecular complexity index is 429. The first-order chi connectivity index (χ1) is 7.40. The molecule has 0 spiro atoms. The van der Waals surface area contributed by atoms with E-state index >= 15 is 0 Å². The maximum absolute atomic E-state index is 3.88. The second-order valence-electron chi connectivity index (χ2n) is 3.09. The van der Waals surface area contributed by atoms with Crippen LogP contribution in [0.1, 0.15) is 6.92 Å². The summed E-state index contributed by atoms with van der Waals surface area (Å²) in [4.78, 5) is 1.30. The van der Waals surface area contributed by atoms with Crippen molar-refractivity contribution in [1.82, 2.24) is 10.2 Å². The molecule has 0 saturated carbocycles. The van der Waals surface area contributed by atoms with E-state index in [2.05, 4.69) is 41.4 Å². The van der Waals surface area contributed by atoms with Gasteiger partial charge in [0.05, 0.1) is 12.4 Å². The maximum Gasteiger partial charge on any atom is 0.0574 e. The molecule has 3 heteroatoms. The zero-order valence-electron chi connectivity index (χ0n) is 8.55. The molecule has 1 aromatic heterocycles. The molecule has 0 amide bonds. The van der Waals surface area contributed by atoms with Crippen LogP contribution in [-0.4, -0.2) is 16.0 Å². The van der Waals surface area contributed by atoms with E-state index < -0.39 is 0 Å². The average molecular weight is 216 g/mol. The summed E-state index contributed by atoms with van der Waals surface area (Å²) in [6.07, 6.45) is 3.50. The number of nitrogens with zero attached hydrogens (tertiary/aromatic N) is 2. The molecule has 1 heterocycles. The Hall–Kier alpha value is -1.35. The molecule has 2 rings (SSSR count). The highest BCUT2D eigenvalue weighted by Crippen LogP contribution is 2.24. The van der Waals surface area contributed by atoms with Gasteiger partial charge in [-0.2, -0.15) is 10.2 Å². The predicted octanol–water partition coefficient (Wildman–Crippen LogP) is 3.26. The monoisotopic (exact) mass is 216 g/mol. The Balaban J connectivity index is 2.33. The van der Waals surface area contributed by atoms with Crippen LogP contribution >= 0.6 is 11.8 Å². The molecular weight excluding hydrogens is 204 g/mol. The van der Waals surface area contributed by atoms with E-state index in [0.29, 0.717) is 0 Å². The fraction of sp³-hybridized carbons (Fsp3) is 0.167. The minimum Gasteiger partial charge on any atom is -0.159 e. The lowest BCUT2D eigenvalue weighted by Crippen LogP contribution is -1.82. The van der Waals surface area contributed by atoms with Gasteiger partial charge in [0.2, 0.25) is 0 Å². The number of thioether (sulfide) groups is 1. The molecule has 0 radical (unpaired) electrons. The standard InChI is InChI=1S/C12H12N2S/c1-2-15-12-5-3-4-10(8-12)11-6-7-13-14-9-11/h3-9H,2H2,1H3. The van der Waals surface area contributed by atoms with Gasteiger partial charge in [0.15, 0.2) is 0 Å².